The summed E-state index contributed by atoms with van der Waals surface area (Å²) in [6, 6.07) is 0. The van der Waals surface area contributed by atoms with Crippen molar-refractivity contribution in [3.05, 3.63) is 11.7 Å². The van der Waals surface area contributed by atoms with Gasteiger partial charge in [-0.3, -0.25) is 0 Å². The highest BCUT2D eigenvalue weighted by Gasteiger charge is 2.37. The predicted molar refractivity (Wildman–Crippen MR) is 27.2 cm³/mol. The highest BCUT2D eigenvalue weighted by molar-refractivity contribution is 5.09. The first kappa shape index (κ1) is 10.3. The molecule has 0 saturated heterocycles. The summed E-state index contributed by atoms with van der Waals surface area (Å²) in [4.78, 5) is 0. The molecule has 66 valence electrons. The number of methoxy groups -OCH3 is 1. The summed E-state index contributed by atoms with van der Waals surface area (Å²) >= 11 is 0. The van der Waals surface area contributed by atoms with E-state index in [1.807, 2.05) is 0 Å². The van der Waals surface area contributed by atoms with E-state index in [0.29, 0.717) is 0 Å². The second-order valence-electron chi connectivity index (χ2n) is 1.67. The number of hydrogen-bond acceptors (Lipinski definition) is 1. The van der Waals surface area contributed by atoms with Gasteiger partial charge < -0.3 is 4.74 Å². The molecule has 0 heterocycles. The maximum absolute atomic E-state index is 11.5. The van der Waals surface area contributed by atoms with Crippen molar-refractivity contribution in [2.24, 2.45) is 0 Å². The predicted octanol–water partition coefficient (Wildman–Crippen LogP) is 2.35. The molecule has 0 N–H and O–H groups in total. The highest BCUT2D eigenvalue weighted by atomic mass is 19.4. The van der Waals surface area contributed by atoms with Crippen LogP contribution in [0, 0.1) is 0 Å². The average molecular weight is 176 g/mol. The maximum atomic E-state index is 11.5. The van der Waals surface area contributed by atoms with Gasteiger partial charge in [-0.25, -0.2) is 0 Å². The molecule has 0 aromatic rings. The van der Waals surface area contributed by atoms with Crippen LogP contribution in [0.2, 0.25) is 0 Å². The van der Waals surface area contributed by atoms with E-state index in [0.717, 1.165) is 7.11 Å². The van der Waals surface area contributed by atoms with Crippen LogP contribution in [-0.2, 0) is 4.74 Å². The summed E-state index contributed by atoms with van der Waals surface area (Å²) in [6.07, 6.45) is -7.76. The first-order chi connectivity index (χ1) is 4.89. The van der Waals surface area contributed by atoms with E-state index in [2.05, 4.69) is 4.74 Å². The van der Waals surface area contributed by atoms with E-state index >= 15 is 0 Å². The van der Waals surface area contributed by atoms with Crippen molar-refractivity contribution in [1.82, 2.24) is 0 Å². The minimum atomic E-state index is -5.01. The van der Waals surface area contributed by atoms with Crippen LogP contribution in [0.3, 0.4) is 0 Å². The lowest BCUT2D eigenvalue weighted by Crippen LogP contribution is -2.16. The zero-order valence-corrected chi connectivity index (χ0v) is 5.51. The lowest BCUT2D eigenvalue weighted by Gasteiger charge is -2.08. The van der Waals surface area contributed by atoms with Crippen LogP contribution < -0.4 is 0 Å². The SMILES string of the molecule is COCC(=C(F)F)C(F)(F)F. The van der Waals surface area contributed by atoms with Crippen LogP contribution in [0.4, 0.5) is 22.0 Å². The van der Waals surface area contributed by atoms with Crippen LogP contribution in [-0.4, -0.2) is 19.9 Å². The monoisotopic (exact) mass is 176 g/mol. The van der Waals surface area contributed by atoms with Crippen LogP contribution in [0.5, 0.6) is 0 Å². The van der Waals surface area contributed by atoms with Gasteiger partial charge in [-0.15, -0.1) is 0 Å². The van der Waals surface area contributed by atoms with E-state index in [-0.39, 0.29) is 0 Å². The number of ether oxygens (including phenoxy) is 1. The van der Waals surface area contributed by atoms with Crippen LogP contribution in [0.15, 0.2) is 11.7 Å². The molecule has 0 saturated carbocycles. The molecule has 0 fully saturated rings. The van der Waals surface area contributed by atoms with Crippen LogP contribution >= 0.6 is 0 Å². The van der Waals surface area contributed by atoms with E-state index in [1.165, 1.54) is 0 Å². The third-order valence-corrected chi connectivity index (χ3v) is 0.859. The largest absolute Gasteiger partial charge is 0.420 e. The van der Waals surface area contributed by atoms with Gasteiger partial charge in [0.15, 0.2) is 0 Å². The van der Waals surface area contributed by atoms with Gasteiger partial charge in [-0.05, 0) is 0 Å². The molecule has 0 rings (SSSR count). The van der Waals surface area contributed by atoms with Crippen molar-refractivity contribution in [3.8, 4) is 0 Å². The molecule has 0 aromatic heterocycles. The third kappa shape index (κ3) is 3.31. The van der Waals surface area contributed by atoms with E-state index in [9.17, 15) is 22.0 Å². The van der Waals surface area contributed by atoms with E-state index < -0.39 is 24.4 Å². The van der Waals surface area contributed by atoms with Gasteiger partial charge in [-0.1, -0.05) is 0 Å². The maximum Gasteiger partial charge on any atom is 0.420 e. The average Bonchev–Trinajstić information content (AvgIpc) is 1.79. The molecular weight excluding hydrogens is 171 g/mol. The standard InChI is InChI=1S/C5H5F5O/c1-11-2-3(4(6)7)5(8,9)10/h2H2,1H3. The molecule has 1 nitrogen and oxygen atoms in total. The fourth-order valence-electron chi connectivity index (χ4n) is 0.388. The molecule has 0 bridgehead atoms. The lowest BCUT2D eigenvalue weighted by atomic mass is 10.3. The van der Waals surface area contributed by atoms with Gasteiger partial charge in [0.05, 0.1) is 6.61 Å². The number of halogens is 5. The van der Waals surface area contributed by atoms with Gasteiger partial charge in [-0.2, -0.15) is 22.0 Å². The normalized spacial score (nSPS) is 11.5. The summed E-state index contributed by atoms with van der Waals surface area (Å²) in [5.74, 6) is 0. The lowest BCUT2D eigenvalue weighted by molar-refractivity contribution is -0.103. The summed E-state index contributed by atoms with van der Waals surface area (Å²) in [5.41, 5.74) is -1.93. The van der Waals surface area contributed by atoms with Gasteiger partial charge in [0.25, 0.3) is 6.08 Å². The summed E-state index contributed by atoms with van der Waals surface area (Å²) in [7, 11) is 0.911. The summed E-state index contributed by atoms with van der Waals surface area (Å²) < 4.78 is 61.5. The third-order valence-electron chi connectivity index (χ3n) is 0.859. The van der Waals surface area contributed by atoms with Crippen molar-refractivity contribution >= 4 is 0 Å². The number of hydrogen-bond donors (Lipinski definition) is 0. The van der Waals surface area contributed by atoms with Crippen LogP contribution in [0.25, 0.3) is 0 Å². The smallest absolute Gasteiger partial charge is 0.380 e. The Morgan fingerprint density at radius 3 is 1.82 bits per heavy atom. The Bertz CT molecular complexity index is 155. The van der Waals surface area contributed by atoms with E-state index in [1.54, 1.807) is 0 Å². The summed E-state index contributed by atoms with van der Waals surface area (Å²) in [6.45, 7) is -1.12. The number of alkyl halides is 3. The molecule has 0 radical (unpaired) electrons. The topological polar surface area (TPSA) is 9.23 Å². The first-order valence-electron chi connectivity index (χ1n) is 2.50. The molecule has 0 amide bonds. The van der Waals surface area contributed by atoms with Gasteiger partial charge in [0, 0.05) is 7.11 Å². The van der Waals surface area contributed by atoms with Crippen molar-refractivity contribution in [1.29, 1.82) is 0 Å². The molecule has 0 atom stereocenters. The molecule has 6 heteroatoms. The Hall–Kier alpha value is -0.650. The van der Waals surface area contributed by atoms with Gasteiger partial charge in [0.2, 0.25) is 0 Å². The second-order valence-corrected chi connectivity index (χ2v) is 1.67. The fraction of sp³-hybridized carbons (Fsp3) is 0.600. The zero-order chi connectivity index (χ0) is 9.07. The molecule has 0 aromatic carbocycles. The van der Waals surface area contributed by atoms with Crippen molar-refractivity contribution in [2.75, 3.05) is 13.7 Å². The quantitative estimate of drug-likeness (QED) is 0.586. The van der Waals surface area contributed by atoms with E-state index in [4.69, 9.17) is 0 Å². The van der Waals surface area contributed by atoms with Crippen molar-refractivity contribution in [3.63, 3.8) is 0 Å². The highest BCUT2D eigenvalue weighted by Crippen LogP contribution is 2.29. The fourth-order valence-corrected chi connectivity index (χ4v) is 0.388. The van der Waals surface area contributed by atoms with Crippen molar-refractivity contribution < 1.29 is 26.7 Å². The minimum Gasteiger partial charge on any atom is -0.380 e. The first-order valence-corrected chi connectivity index (χ1v) is 2.50. The molecule has 0 unspecified atom stereocenters. The molecule has 0 aliphatic heterocycles. The molecule has 0 aliphatic carbocycles. The second kappa shape index (κ2) is 3.66. The Kier molecular flexibility index (Phi) is 3.44. The summed E-state index contributed by atoms with van der Waals surface area (Å²) in [5, 5.41) is 0. The van der Waals surface area contributed by atoms with Gasteiger partial charge in [0.1, 0.15) is 5.57 Å². The Labute approximate surface area is 59.5 Å². The Morgan fingerprint density at radius 1 is 1.27 bits per heavy atom. The molecule has 0 spiro atoms. The minimum absolute atomic E-state index is 0.911. The molecule has 11 heavy (non-hydrogen) atoms. The Morgan fingerprint density at radius 2 is 1.73 bits per heavy atom. The molecular formula is C5H5F5O. The van der Waals surface area contributed by atoms with Crippen molar-refractivity contribution in [2.45, 2.75) is 6.18 Å². The Balaban J connectivity index is 4.50. The number of rotatable bonds is 2. The van der Waals surface area contributed by atoms with Crippen LogP contribution in [0.1, 0.15) is 0 Å². The van der Waals surface area contributed by atoms with Gasteiger partial charge >= 0.3 is 6.18 Å². The zero-order valence-electron chi connectivity index (χ0n) is 5.51. The molecule has 0 aliphatic rings.